The number of carbonyl (C=O) groups excluding carboxylic acids is 2. The second kappa shape index (κ2) is 11.1. The zero-order valence-electron chi connectivity index (χ0n) is 21.2. The molecule has 0 spiro atoms. The van der Waals surface area contributed by atoms with Crippen LogP contribution in [-0.4, -0.2) is 77.6 Å². The second-order valence-electron chi connectivity index (χ2n) is 9.59. The molecule has 210 valence electrons. The Morgan fingerprint density at radius 1 is 1.00 bits per heavy atom. The predicted octanol–water partition coefficient (Wildman–Crippen LogP) is 4.56. The number of piperidine rings is 1. The summed E-state index contributed by atoms with van der Waals surface area (Å²) < 4.78 is 59.3. The first-order chi connectivity index (χ1) is 18.5. The highest BCUT2D eigenvalue weighted by atomic mass is 19.4. The number of halogens is 3. The fraction of sp³-hybridized carbons (Fsp3) is 0.444. The van der Waals surface area contributed by atoms with Crippen molar-refractivity contribution in [2.75, 3.05) is 26.7 Å². The number of alkyl halides is 3. The summed E-state index contributed by atoms with van der Waals surface area (Å²) in [6.07, 6.45) is -5.91. The Hall–Kier alpha value is -3.80. The third kappa shape index (κ3) is 5.38. The lowest BCUT2D eigenvalue weighted by atomic mass is 9.80. The molecule has 2 aliphatic heterocycles. The molecule has 39 heavy (non-hydrogen) atoms. The van der Waals surface area contributed by atoms with Crippen LogP contribution in [0, 0.1) is 0 Å². The number of carbonyl (C=O) groups is 3. The van der Waals surface area contributed by atoms with Crippen molar-refractivity contribution in [3.8, 4) is 0 Å². The Morgan fingerprint density at radius 3 is 2.18 bits per heavy atom. The van der Waals surface area contributed by atoms with Crippen LogP contribution in [0.1, 0.15) is 30.4 Å². The molecule has 2 atom stereocenters. The molecule has 0 saturated carbocycles. The van der Waals surface area contributed by atoms with Gasteiger partial charge in [0.15, 0.2) is 5.60 Å². The molecule has 0 unspecified atom stereocenters. The fourth-order valence-corrected chi connectivity index (χ4v) is 5.23. The first-order valence-electron chi connectivity index (χ1n) is 12.4. The van der Waals surface area contributed by atoms with Gasteiger partial charge in [-0.05, 0) is 24.8 Å². The summed E-state index contributed by atoms with van der Waals surface area (Å²) in [6.45, 7) is -0.603. The number of hydrogen-bond acceptors (Lipinski definition) is 6. The fourth-order valence-electron chi connectivity index (χ4n) is 5.23. The van der Waals surface area contributed by atoms with Crippen LogP contribution in [0.15, 0.2) is 60.7 Å². The van der Waals surface area contributed by atoms with Crippen LogP contribution in [0.25, 0.3) is 0 Å². The third-order valence-corrected chi connectivity index (χ3v) is 7.21. The molecule has 2 saturated heterocycles. The van der Waals surface area contributed by atoms with Crippen molar-refractivity contribution in [3.63, 3.8) is 0 Å². The molecule has 2 aromatic rings. The molecule has 2 aromatic carbocycles. The minimum Gasteiger partial charge on any atom is -0.465 e. The number of rotatable bonds is 7. The summed E-state index contributed by atoms with van der Waals surface area (Å²) in [4.78, 5) is 40.5. The van der Waals surface area contributed by atoms with Crippen LogP contribution in [0.5, 0.6) is 0 Å². The molecule has 0 aromatic heterocycles. The van der Waals surface area contributed by atoms with Gasteiger partial charge in [-0.2, -0.15) is 13.2 Å². The number of methoxy groups -OCH3 is 1. The summed E-state index contributed by atoms with van der Waals surface area (Å²) in [5, 5.41) is 9.80. The van der Waals surface area contributed by atoms with E-state index >= 15 is 0 Å². The van der Waals surface area contributed by atoms with Crippen molar-refractivity contribution in [1.82, 2.24) is 9.80 Å². The molecule has 0 aliphatic carbocycles. The van der Waals surface area contributed by atoms with Gasteiger partial charge in [-0.3, -0.25) is 4.90 Å². The Morgan fingerprint density at radius 2 is 1.62 bits per heavy atom. The van der Waals surface area contributed by atoms with Gasteiger partial charge in [0.2, 0.25) is 0 Å². The first kappa shape index (κ1) is 28.2. The van der Waals surface area contributed by atoms with Crippen LogP contribution >= 0.6 is 0 Å². The summed E-state index contributed by atoms with van der Waals surface area (Å²) in [7, 11) is 0.757. The average molecular weight is 551 g/mol. The summed E-state index contributed by atoms with van der Waals surface area (Å²) >= 11 is 0. The molecule has 2 heterocycles. The maximum Gasteiger partial charge on any atom is 0.432 e. The molecule has 2 amide bonds. The zero-order chi connectivity index (χ0) is 28.3. The Balaban J connectivity index is 1.62. The van der Waals surface area contributed by atoms with Gasteiger partial charge in [-0.15, -0.1) is 0 Å². The first-order valence-corrected chi connectivity index (χ1v) is 12.4. The van der Waals surface area contributed by atoms with Gasteiger partial charge in [-0.25, -0.2) is 14.4 Å². The van der Waals surface area contributed by atoms with Crippen molar-refractivity contribution in [3.05, 3.63) is 71.8 Å². The van der Waals surface area contributed by atoms with Crippen LogP contribution in [0.2, 0.25) is 0 Å². The number of benzene rings is 2. The van der Waals surface area contributed by atoms with E-state index in [2.05, 4.69) is 0 Å². The molecule has 2 fully saturated rings. The molecule has 0 radical (unpaired) electrons. The zero-order valence-corrected chi connectivity index (χ0v) is 21.2. The van der Waals surface area contributed by atoms with E-state index in [9.17, 15) is 32.7 Å². The van der Waals surface area contributed by atoms with E-state index in [-0.39, 0.29) is 32.7 Å². The summed E-state index contributed by atoms with van der Waals surface area (Å²) in [6, 6.07) is 14.3. The van der Waals surface area contributed by atoms with Gasteiger partial charge in [-0.1, -0.05) is 60.7 Å². The highest BCUT2D eigenvalue weighted by molar-refractivity contribution is 5.83. The normalized spacial score (nSPS) is 20.4. The Labute approximate surface area is 223 Å². The number of nitrogens with zero attached hydrogens (tertiary/aromatic N) is 2. The Bertz CT molecular complexity index is 1170. The number of carboxylic acid groups (broad SMARTS) is 1. The Kier molecular flexibility index (Phi) is 8.05. The van der Waals surface area contributed by atoms with Gasteiger partial charge in [0, 0.05) is 19.2 Å². The monoisotopic (exact) mass is 550 g/mol. The summed E-state index contributed by atoms with van der Waals surface area (Å²) in [5.74, 6) is -1.74. The lowest BCUT2D eigenvalue weighted by Crippen LogP contribution is -2.75. The van der Waals surface area contributed by atoms with Crippen molar-refractivity contribution in [2.24, 2.45) is 0 Å². The van der Waals surface area contributed by atoms with Crippen LogP contribution in [-0.2, 0) is 31.2 Å². The molecule has 2 aliphatic rings. The highest BCUT2D eigenvalue weighted by Crippen LogP contribution is 2.46. The number of likely N-dealkylation sites (tertiary alicyclic amines) is 2. The van der Waals surface area contributed by atoms with Crippen LogP contribution in [0.4, 0.5) is 22.8 Å². The maximum atomic E-state index is 14.5. The molecule has 12 heteroatoms. The van der Waals surface area contributed by atoms with Gasteiger partial charge in [0.1, 0.15) is 6.61 Å². The van der Waals surface area contributed by atoms with Crippen molar-refractivity contribution in [1.29, 1.82) is 0 Å². The second-order valence-corrected chi connectivity index (χ2v) is 9.59. The van der Waals surface area contributed by atoms with Crippen molar-refractivity contribution in [2.45, 2.75) is 49.3 Å². The number of hydrogen-bond donors (Lipinski definition) is 1. The van der Waals surface area contributed by atoms with E-state index in [1.165, 1.54) is 23.1 Å². The quantitative estimate of drug-likeness (QED) is 0.504. The molecule has 9 nitrogen and oxygen atoms in total. The largest absolute Gasteiger partial charge is 0.465 e. The lowest BCUT2D eigenvalue weighted by molar-refractivity contribution is -0.287. The minimum absolute atomic E-state index is 0.0392. The summed E-state index contributed by atoms with van der Waals surface area (Å²) in [5.41, 5.74) is -4.95. The molecular formula is C27H29F3N2O7. The van der Waals surface area contributed by atoms with E-state index in [1.807, 2.05) is 0 Å². The minimum atomic E-state index is -5.21. The topological polar surface area (TPSA) is 106 Å². The van der Waals surface area contributed by atoms with Gasteiger partial charge in [0.25, 0.3) is 5.60 Å². The third-order valence-electron chi connectivity index (χ3n) is 7.21. The van der Waals surface area contributed by atoms with E-state index in [1.54, 1.807) is 30.3 Å². The maximum absolute atomic E-state index is 14.5. The number of esters is 1. The van der Waals surface area contributed by atoms with Crippen molar-refractivity contribution >= 4 is 18.2 Å². The standard InChI is InChI=1S/C27H29F3N2O7/c1-37-26(27(28,29)30,20-12-6-3-7-13-20)22(33)39-25(21-14-8-9-15-32(21)23(34)35)17-31(18-25)24(36)38-16-19-10-4-2-5-11-19/h2-7,10-13,21H,8-9,14-18H2,1H3,(H,34,35)/t21-,26-/m1/s1. The van der Waals surface area contributed by atoms with Crippen LogP contribution < -0.4 is 0 Å². The van der Waals surface area contributed by atoms with E-state index in [4.69, 9.17) is 14.2 Å². The van der Waals surface area contributed by atoms with Crippen molar-refractivity contribution < 1.29 is 46.9 Å². The lowest BCUT2D eigenvalue weighted by Gasteiger charge is -2.55. The molecule has 0 bridgehead atoms. The van der Waals surface area contributed by atoms with E-state index < -0.39 is 47.1 Å². The molecule has 1 N–H and O–H groups in total. The number of ether oxygens (including phenoxy) is 3. The SMILES string of the molecule is CO[C@@](C(=O)OC1([C@H]2CCCCN2C(=O)O)CN(C(=O)OCc2ccccc2)C1)(c1ccccc1)C(F)(F)F. The molecular weight excluding hydrogens is 521 g/mol. The van der Waals surface area contributed by atoms with Gasteiger partial charge >= 0.3 is 24.3 Å². The average Bonchev–Trinajstić information content (AvgIpc) is 2.90. The highest BCUT2D eigenvalue weighted by Gasteiger charge is 2.67. The molecule has 4 rings (SSSR count). The van der Waals surface area contributed by atoms with Gasteiger partial charge in [0.05, 0.1) is 19.1 Å². The van der Waals surface area contributed by atoms with Crippen LogP contribution in [0.3, 0.4) is 0 Å². The predicted molar refractivity (Wildman–Crippen MR) is 131 cm³/mol. The number of amides is 2. The van der Waals surface area contributed by atoms with E-state index in [0.29, 0.717) is 12.8 Å². The van der Waals surface area contributed by atoms with Gasteiger partial charge < -0.3 is 24.2 Å². The smallest absolute Gasteiger partial charge is 0.432 e. The van der Waals surface area contributed by atoms with E-state index in [0.717, 1.165) is 29.7 Å².